The lowest BCUT2D eigenvalue weighted by Crippen LogP contribution is -2.30. The van der Waals surface area contributed by atoms with E-state index in [0.717, 1.165) is 38.8 Å². The molecule has 1 heterocycles. The second-order valence-electron chi connectivity index (χ2n) is 8.62. The maximum absolute atomic E-state index is 14.2. The van der Waals surface area contributed by atoms with Gasteiger partial charge in [-0.3, -0.25) is 19.0 Å². The van der Waals surface area contributed by atoms with E-state index in [-0.39, 0.29) is 17.7 Å². The van der Waals surface area contributed by atoms with Gasteiger partial charge in [-0.1, -0.05) is 31.0 Å². The van der Waals surface area contributed by atoms with Crippen LogP contribution >= 0.6 is 0 Å². The molecule has 0 fully saturated rings. The summed E-state index contributed by atoms with van der Waals surface area (Å²) in [5, 5.41) is 0.523. The third kappa shape index (κ3) is 6.35. The van der Waals surface area contributed by atoms with Crippen LogP contribution < -0.4 is 4.90 Å². The predicted molar refractivity (Wildman–Crippen MR) is 137 cm³/mol. The number of unbranched alkanes of at least 4 members (excludes halogenated alkanes) is 3. The summed E-state index contributed by atoms with van der Waals surface area (Å²) in [6.45, 7) is 7.34. The maximum atomic E-state index is 14.2. The van der Waals surface area contributed by atoms with Crippen molar-refractivity contribution in [3.05, 3.63) is 66.1 Å². The van der Waals surface area contributed by atoms with Gasteiger partial charge in [-0.15, -0.1) is 0 Å². The molecule has 7 heteroatoms. The van der Waals surface area contributed by atoms with Gasteiger partial charge in [-0.05, 0) is 57.0 Å². The first-order valence-corrected chi connectivity index (χ1v) is 12.3. The first-order valence-electron chi connectivity index (χ1n) is 12.3. The number of rotatable bonds is 11. The molecule has 0 N–H and O–H groups in total. The summed E-state index contributed by atoms with van der Waals surface area (Å²) >= 11 is 0. The normalized spacial score (nSPS) is 11.0. The van der Waals surface area contributed by atoms with Crippen molar-refractivity contribution < 1.29 is 18.8 Å². The Morgan fingerprint density at radius 3 is 2.26 bits per heavy atom. The van der Waals surface area contributed by atoms with Gasteiger partial charge in [0.15, 0.2) is 0 Å². The number of hydrogen-bond acceptors (Lipinski definition) is 3. The third-order valence-corrected chi connectivity index (χ3v) is 6.29. The minimum atomic E-state index is -0.426. The van der Waals surface area contributed by atoms with Crippen molar-refractivity contribution in [1.29, 1.82) is 0 Å². The first-order chi connectivity index (χ1) is 16.9. The second kappa shape index (κ2) is 12.3. The van der Waals surface area contributed by atoms with Crippen LogP contribution in [0.5, 0.6) is 0 Å². The quantitative estimate of drug-likeness (QED) is 0.334. The van der Waals surface area contributed by atoms with Crippen molar-refractivity contribution in [2.45, 2.75) is 52.9 Å². The molecule has 186 valence electrons. The predicted octanol–water partition coefficient (Wildman–Crippen LogP) is 5.64. The summed E-state index contributed by atoms with van der Waals surface area (Å²) in [6, 6.07) is 13.1. The van der Waals surface area contributed by atoms with Crippen molar-refractivity contribution in [1.82, 2.24) is 9.47 Å². The van der Waals surface area contributed by atoms with Crippen LogP contribution in [0.25, 0.3) is 10.9 Å². The maximum Gasteiger partial charge on any atom is 0.262 e. The molecule has 0 atom stereocenters. The van der Waals surface area contributed by atoms with E-state index in [1.54, 1.807) is 41.4 Å². The van der Waals surface area contributed by atoms with E-state index in [1.165, 1.54) is 23.6 Å². The summed E-state index contributed by atoms with van der Waals surface area (Å²) in [5.74, 6) is -0.657. The number of carbonyl (C=O) groups is 3. The molecule has 1 aromatic heterocycles. The molecule has 3 rings (SSSR count). The number of amides is 2. The van der Waals surface area contributed by atoms with Gasteiger partial charge in [0.05, 0.1) is 11.2 Å². The Labute approximate surface area is 206 Å². The summed E-state index contributed by atoms with van der Waals surface area (Å²) < 4.78 is 15.6. The molecule has 0 saturated carbocycles. The lowest BCUT2D eigenvalue weighted by atomic mass is 10.1. The minimum Gasteiger partial charge on any atom is -0.343 e. The van der Waals surface area contributed by atoms with Crippen LogP contribution in [0.2, 0.25) is 0 Å². The molecule has 0 bridgehead atoms. The largest absolute Gasteiger partial charge is 0.343 e. The monoisotopic (exact) mass is 479 g/mol. The topological polar surface area (TPSA) is 62.6 Å². The zero-order valence-electron chi connectivity index (χ0n) is 20.8. The van der Waals surface area contributed by atoms with E-state index in [0.29, 0.717) is 35.1 Å². The molecule has 2 amide bonds. The molecule has 0 spiro atoms. The number of benzene rings is 2. The Balaban J connectivity index is 1.73. The highest BCUT2D eigenvalue weighted by atomic mass is 19.1. The van der Waals surface area contributed by atoms with Gasteiger partial charge in [-0.2, -0.15) is 0 Å². The number of nitrogens with zero attached hydrogens (tertiary/aromatic N) is 3. The van der Waals surface area contributed by atoms with Gasteiger partial charge in [0.1, 0.15) is 5.82 Å². The average Bonchev–Trinajstić information content (AvgIpc) is 3.22. The van der Waals surface area contributed by atoms with Crippen LogP contribution in [0.4, 0.5) is 10.1 Å². The molecule has 6 nitrogen and oxygen atoms in total. The average molecular weight is 480 g/mol. The van der Waals surface area contributed by atoms with Gasteiger partial charge >= 0.3 is 0 Å². The number of anilines is 1. The van der Waals surface area contributed by atoms with E-state index in [9.17, 15) is 18.8 Å². The van der Waals surface area contributed by atoms with E-state index in [1.807, 2.05) is 24.8 Å². The molecular formula is C28H34FN3O3. The van der Waals surface area contributed by atoms with Crippen LogP contribution in [0, 0.1) is 5.82 Å². The minimum absolute atomic E-state index is 0.169. The lowest BCUT2D eigenvalue weighted by molar-refractivity contribution is -0.130. The van der Waals surface area contributed by atoms with E-state index in [4.69, 9.17) is 0 Å². The number of aromatic nitrogens is 1. The highest BCUT2D eigenvalue weighted by Gasteiger charge is 2.21. The van der Waals surface area contributed by atoms with Crippen molar-refractivity contribution in [3.8, 4) is 0 Å². The highest BCUT2D eigenvalue weighted by Crippen LogP contribution is 2.31. The Kier molecular flexibility index (Phi) is 9.18. The van der Waals surface area contributed by atoms with Crippen LogP contribution in [-0.2, 0) is 9.59 Å². The van der Waals surface area contributed by atoms with Crippen LogP contribution in [-0.4, -0.2) is 46.8 Å². The number of carbonyl (C=O) groups excluding carboxylic acids is 3. The van der Waals surface area contributed by atoms with Crippen molar-refractivity contribution >= 4 is 34.3 Å². The molecule has 0 saturated heterocycles. The molecule has 0 aliphatic carbocycles. The Morgan fingerprint density at radius 2 is 1.60 bits per heavy atom. The second-order valence-corrected chi connectivity index (χ2v) is 8.62. The van der Waals surface area contributed by atoms with Crippen LogP contribution in [0.3, 0.4) is 0 Å². The molecule has 0 aliphatic heterocycles. The summed E-state index contributed by atoms with van der Waals surface area (Å²) in [6.07, 6.45) is 5.47. The summed E-state index contributed by atoms with van der Waals surface area (Å²) in [5.41, 5.74) is 1.58. The fourth-order valence-electron chi connectivity index (χ4n) is 4.37. The Bertz CT molecular complexity index is 1170. The number of hydrogen-bond donors (Lipinski definition) is 0. The Hall–Kier alpha value is -3.48. The number of halogens is 1. The molecule has 0 radical (unpaired) electrons. The molecule has 0 aliphatic rings. The lowest BCUT2D eigenvalue weighted by Gasteiger charge is -2.20. The zero-order chi connectivity index (χ0) is 25.4. The van der Waals surface area contributed by atoms with Crippen molar-refractivity contribution in [2.75, 3.05) is 24.5 Å². The standard InChI is InChI=1S/C28H34FN3O3/c1-4-30(5-2)27(34)15-11-6-7-12-18-31(21(3)33)26-20-32(25-17-16-23(29)19-24(25)26)28(35)22-13-9-8-10-14-22/h8-10,13-14,16-17,19-20H,4-7,11-12,15,18H2,1-3H3. The van der Waals surface area contributed by atoms with E-state index in [2.05, 4.69) is 0 Å². The van der Waals surface area contributed by atoms with Crippen LogP contribution in [0.15, 0.2) is 54.7 Å². The van der Waals surface area contributed by atoms with Gasteiger partial charge < -0.3 is 9.80 Å². The first kappa shape index (κ1) is 26.1. The fraction of sp³-hybridized carbons (Fsp3) is 0.393. The Morgan fingerprint density at radius 1 is 0.914 bits per heavy atom. The summed E-state index contributed by atoms with van der Waals surface area (Å²) in [4.78, 5) is 41.3. The van der Waals surface area contributed by atoms with Crippen LogP contribution in [0.1, 0.15) is 63.2 Å². The van der Waals surface area contributed by atoms with Gasteiger partial charge in [0.2, 0.25) is 11.8 Å². The smallest absolute Gasteiger partial charge is 0.262 e. The zero-order valence-corrected chi connectivity index (χ0v) is 20.8. The number of fused-ring (bicyclic) bond motifs is 1. The fourth-order valence-corrected chi connectivity index (χ4v) is 4.37. The van der Waals surface area contributed by atoms with Gasteiger partial charge in [0.25, 0.3) is 5.91 Å². The SMILES string of the molecule is CCN(CC)C(=O)CCCCCCN(C(C)=O)c1cn(C(=O)c2ccccc2)c2ccc(F)cc12. The van der Waals surface area contributed by atoms with E-state index >= 15 is 0 Å². The van der Waals surface area contributed by atoms with E-state index < -0.39 is 5.82 Å². The molecule has 3 aromatic rings. The highest BCUT2D eigenvalue weighted by molar-refractivity contribution is 6.09. The molecule has 2 aromatic carbocycles. The van der Waals surface area contributed by atoms with Gasteiger partial charge in [-0.25, -0.2) is 4.39 Å². The van der Waals surface area contributed by atoms with Gasteiger partial charge in [0, 0.05) is 50.1 Å². The molecule has 0 unspecified atom stereocenters. The molecule has 35 heavy (non-hydrogen) atoms. The third-order valence-electron chi connectivity index (χ3n) is 6.29. The summed E-state index contributed by atoms with van der Waals surface area (Å²) in [7, 11) is 0. The van der Waals surface area contributed by atoms with Crippen molar-refractivity contribution in [3.63, 3.8) is 0 Å². The van der Waals surface area contributed by atoms with Crippen molar-refractivity contribution in [2.24, 2.45) is 0 Å². The molecular weight excluding hydrogens is 445 g/mol.